The standard InChI is InChI=1S/C12H18N2O2S/c1-14(17(15,16)9-10-6-7-10)8-11-4-2-3-5-12(11)13/h2-5,10H,6-9,13H2,1H3. The number of benzene rings is 1. The molecule has 2 rings (SSSR count). The van der Waals surface area contributed by atoms with Gasteiger partial charge in [-0.25, -0.2) is 12.7 Å². The number of hydrogen-bond donors (Lipinski definition) is 1. The number of anilines is 1. The van der Waals surface area contributed by atoms with Gasteiger partial charge in [-0.2, -0.15) is 0 Å². The molecule has 0 amide bonds. The zero-order valence-corrected chi connectivity index (χ0v) is 10.8. The van der Waals surface area contributed by atoms with Gasteiger partial charge < -0.3 is 5.73 Å². The van der Waals surface area contributed by atoms with Crippen LogP contribution in [0.1, 0.15) is 18.4 Å². The Labute approximate surface area is 102 Å². The molecule has 4 nitrogen and oxygen atoms in total. The van der Waals surface area contributed by atoms with Gasteiger partial charge in [-0.1, -0.05) is 18.2 Å². The molecule has 1 saturated carbocycles. The Balaban J connectivity index is 2.05. The van der Waals surface area contributed by atoms with Gasteiger partial charge in [0.2, 0.25) is 10.0 Å². The zero-order valence-electron chi connectivity index (χ0n) is 9.96. The van der Waals surface area contributed by atoms with Crippen molar-refractivity contribution < 1.29 is 8.42 Å². The van der Waals surface area contributed by atoms with Crippen molar-refractivity contribution in [3.8, 4) is 0 Å². The highest BCUT2D eigenvalue weighted by molar-refractivity contribution is 7.89. The maximum atomic E-state index is 12.0. The van der Waals surface area contributed by atoms with Crippen LogP contribution in [0.15, 0.2) is 24.3 Å². The molecule has 1 aromatic rings. The molecule has 94 valence electrons. The van der Waals surface area contributed by atoms with Gasteiger partial charge in [0, 0.05) is 19.3 Å². The summed E-state index contributed by atoms with van der Waals surface area (Å²) in [5.41, 5.74) is 7.30. The second-order valence-corrected chi connectivity index (χ2v) is 6.80. The minimum Gasteiger partial charge on any atom is -0.398 e. The molecular weight excluding hydrogens is 236 g/mol. The topological polar surface area (TPSA) is 63.4 Å². The molecule has 0 bridgehead atoms. The summed E-state index contributed by atoms with van der Waals surface area (Å²) in [5.74, 6) is 0.645. The lowest BCUT2D eigenvalue weighted by Gasteiger charge is -2.18. The third-order valence-electron chi connectivity index (χ3n) is 3.07. The fraction of sp³-hybridized carbons (Fsp3) is 0.500. The van der Waals surface area contributed by atoms with E-state index in [0.717, 1.165) is 18.4 Å². The van der Waals surface area contributed by atoms with E-state index in [1.165, 1.54) is 4.31 Å². The lowest BCUT2D eigenvalue weighted by Crippen LogP contribution is -2.29. The molecule has 0 saturated heterocycles. The summed E-state index contributed by atoms with van der Waals surface area (Å²) in [6.07, 6.45) is 2.08. The van der Waals surface area contributed by atoms with Crippen molar-refractivity contribution in [2.24, 2.45) is 5.92 Å². The molecule has 1 fully saturated rings. The molecule has 0 unspecified atom stereocenters. The Hall–Kier alpha value is -1.07. The summed E-state index contributed by atoms with van der Waals surface area (Å²) in [4.78, 5) is 0. The van der Waals surface area contributed by atoms with Crippen molar-refractivity contribution >= 4 is 15.7 Å². The van der Waals surface area contributed by atoms with E-state index >= 15 is 0 Å². The second kappa shape index (κ2) is 4.66. The molecule has 0 spiro atoms. The van der Waals surface area contributed by atoms with E-state index in [9.17, 15) is 8.42 Å². The lowest BCUT2D eigenvalue weighted by molar-refractivity contribution is 0.465. The third kappa shape index (κ3) is 3.20. The predicted octanol–water partition coefficient (Wildman–Crippen LogP) is 1.44. The van der Waals surface area contributed by atoms with Gasteiger partial charge in [0.25, 0.3) is 0 Å². The van der Waals surface area contributed by atoms with Gasteiger partial charge in [0.05, 0.1) is 5.75 Å². The number of nitrogens with two attached hydrogens (primary N) is 1. The number of sulfonamides is 1. The molecule has 1 aliphatic carbocycles. The first kappa shape index (κ1) is 12.4. The molecular formula is C12H18N2O2S. The highest BCUT2D eigenvalue weighted by Crippen LogP contribution is 2.31. The highest BCUT2D eigenvalue weighted by Gasteiger charge is 2.30. The Morgan fingerprint density at radius 2 is 2.00 bits per heavy atom. The van der Waals surface area contributed by atoms with Crippen LogP contribution in [0.25, 0.3) is 0 Å². The molecule has 2 N–H and O–H groups in total. The molecule has 0 radical (unpaired) electrons. The number of rotatable bonds is 5. The van der Waals surface area contributed by atoms with Gasteiger partial charge in [-0.05, 0) is 30.4 Å². The van der Waals surface area contributed by atoms with Gasteiger partial charge >= 0.3 is 0 Å². The monoisotopic (exact) mass is 254 g/mol. The molecule has 17 heavy (non-hydrogen) atoms. The minimum atomic E-state index is -3.13. The average Bonchev–Trinajstić information content (AvgIpc) is 3.04. The van der Waals surface area contributed by atoms with Gasteiger partial charge in [-0.3, -0.25) is 0 Å². The number of para-hydroxylation sites is 1. The van der Waals surface area contributed by atoms with Crippen LogP contribution in [0.3, 0.4) is 0 Å². The smallest absolute Gasteiger partial charge is 0.214 e. The Morgan fingerprint density at radius 1 is 1.35 bits per heavy atom. The first-order valence-electron chi connectivity index (χ1n) is 5.76. The van der Waals surface area contributed by atoms with E-state index in [2.05, 4.69) is 0 Å². The predicted molar refractivity (Wildman–Crippen MR) is 68.8 cm³/mol. The van der Waals surface area contributed by atoms with Crippen molar-refractivity contribution in [2.75, 3.05) is 18.5 Å². The average molecular weight is 254 g/mol. The Bertz CT molecular complexity index is 495. The molecule has 1 aromatic carbocycles. The SMILES string of the molecule is CN(Cc1ccccc1N)S(=O)(=O)CC1CC1. The molecule has 0 atom stereocenters. The number of nitrogen functional groups attached to an aromatic ring is 1. The van der Waals surface area contributed by atoms with Crippen LogP contribution >= 0.6 is 0 Å². The fourth-order valence-corrected chi connectivity index (χ4v) is 3.25. The van der Waals surface area contributed by atoms with Crippen LogP contribution in [0.5, 0.6) is 0 Å². The van der Waals surface area contributed by atoms with Crippen molar-refractivity contribution in [1.82, 2.24) is 4.31 Å². The summed E-state index contributed by atoms with van der Waals surface area (Å²) in [6, 6.07) is 7.36. The summed E-state index contributed by atoms with van der Waals surface area (Å²) in [5, 5.41) is 0. The maximum Gasteiger partial charge on any atom is 0.214 e. The van der Waals surface area contributed by atoms with E-state index in [1.807, 2.05) is 18.2 Å². The number of nitrogens with zero attached hydrogens (tertiary/aromatic N) is 1. The highest BCUT2D eigenvalue weighted by atomic mass is 32.2. The maximum absolute atomic E-state index is 12.0. The quantitative estimate of drug-likeness (QED) is 0.809. The van der Waals surface area contributed by atoms with Gasteiger partial charge in [0.1, 0.15) is 0 Å². The summed E-state index contributed by atoms with van der Waals surface area (Å²) in [6.45, 7) is 0.349. The third-order valence-corrected chi connectivity index (χ3v) is 5.04. The lowest BCUT2D eigenvalue weighted by atomic mass is 10.2. The Kier molecular flexibility index (Phi) is 3.40. The first-order chi connectivity index (χ1) is 7.99. The summed E-state index contributed by atoms with van der Waals surface area (Å²) >= 11 is 0. The van der Waals surface area contributed by atoms with E-state index in [1.54, 1.807) is 13.1 Å². The Morgan fingerprint density at radius 3 is 2.59 bits per heavy atom. The van der Waals surface area contributed by atoms with E-state index in [-0.39, 0.29) is 5.75 Å². The van der Waals surface area contributed by atoms with Crippen molar-refractivity contribution in [1.29, 1.82) is 0 Å². The fourth-order valence-electron chi connectivity index (χ4n) is 1.73. The van der Waals surface area contributed by atoms with E-state index in [4.69, 9.17) is 5.73 Å². The van der Waals surface area contributed by atoms with Crippen molar-refractivity contribution in [3.63, 3.8) is 0 Å². The summed E-state index contributed by atoms with van der Waals surface area (Å²) in [7, 11) is -1.52. The van der Waals surface area contributed by atoms with Gasteiger partial charge in [-0.15, -0.1) is 0 Å². The first-order valence-corrected chi connectivity index (χ1v) is 7.37. The van der Waals surface area contributed by atoms with Crippen LogP contribution in [0.4, 0.5) is 5.69 Å². The summed E-state index contributed by atoms with van der Waals surface area (Å²) < 4.78 is 25.4. The molecule has 1 aliphatic rings. The molecule has 0 aromatic heterocycles. The molecule has 5 heteroatoms. The van der Waals surface area contributed by atoms with E-state index < -0.39 is 10.0 Å². The van der Waals surface area contributed by atoms with Gasteiger partial charge in [0.15, 0.2) is 0 Å². The van der Waals surface area contributed by atoms with E-state index in [0.29, 0.717) is 18.2 Å². The van der Waals surface area contributed by atoms with Crippen LogP contribution < -0.4 is 5.73 Å². The van der Waals surface area contributed by atoms with Crippen LogP contribution in [-0.4, -0.2) is 25.5 Å². The van der Waals surface area contributed by atoms with Crippen molar-refractivity contribution in [3.05, 3.63) is 29.8 Å². The zero-order chi connectivity index (χ0) is 12.5. The molecule has 0 aliphatic heterocycles. The van der Waals surface area contributed by atoms with Crippen LogP contribution in [0, 0.1) is 5.92 Å². The largest absolute Gasteiger partial charge is 0.398 e. The number of hydrogen-bond acceptors (Lipinski definition) is 3. The van der Waals surface area contributed by atoms with Crippen molar-refractivity contribution in [2.45, 2.75) is 19.4 Å². The van der Waals surface area contributed by atoms with Crippen LogP contribution in [-0.2, 0) is 16.6 Å². The second-order valence-electron chi connectivity index (χ2n) is 4.68. The molecule has 0 heterocycles. The normalized spacial score (nSPS) is 16.4. The minimum absolute atomic E-state index is 0.274. The van der Waals surface area contributed by atoms with Crippen LogP contribution in [0.2, 0.25) is 0 Å².